The van der Waals surface area contributed by atoms with Crippen LogP contribution in [0.1, 0.15) is 51.9 Å². The van der Waals surface area contributed by atoms with Gasteiger partial charge in [-0.2, -0.15) is 0 Å². The first-order chi connectivity index (χ1) is 9.63. The largest absolute Gasteiger partial charge is 0.392 e. The minimum Gasteiger partial charge on any atom is -0.392 e. The number of ether oxygens (including phenoxy) is 1. The maximum absolute atomic E-state index is 11.0. The molecule has 5 aliphatic rings. The molecule has 0 aromatic carbocycles. The molecule has 3 unspecified atom stereocenters. The van der Waals surface area contributed by atoms with Crippen molar-refractivity contribution in [3.8, 4) is 0 Å². The first-order valence-electron chi connectivity index (χ1n) is 8.65. The number of morpholine rings is 1. The van der Waals surface area contributed by atoms with E-state index in [1.807, 2.05) is 0 Å². The van der Waals surface area contributed by atoms with Gasteiger partial charge in [-0.05, 0) is 75.0 Å². The van der Waals surface area contributed by atoms with Crippen molar-refractivity contribution < 1.29 is 9.84 Å². The summed E-state index contributed by atoms with van der Waals surface area (Å²) in [5, 5.41) is 14.6. The van der Waals surface area contributed by atoms with E-state index in [-0.39, 0.29) is 11.5 Å². The molecule has 3 atom stereocenters. The van der Waals surface area contributed by atoms with Gasteiger partial charge in [0.15, 0.2) is 0 Å². The summed E-state index contributed by atoms with van der Waals surface area (Å²) in [4.78, 5) is 0. The Morgan fingerprint density at radius 3 is 2.25 bits per heavy atom. The third-order valence-corrected chi connectivity index (χ3v) is 6.51. The summed E-state index contributed by atoms with van der Waals surface area (Å²) in [6.45, 7) is 3.75. The van der Waals surface area contributed by atoms with E-state index in [0.29, 0.717) is 12.1 Å². The average molecular weight is 279 g/mol. The summed E-state index contributed by atoms with van der Waals surface area (Å²) >= 11 is 0. The van der Waals surface area contributed by atoms with Crippen molar-refractivity contribution in [2.75, 3.05) is 13.2 Å². The highest BCUT2D eigenvalue weighted by molar-refractivity contribution is 5.05. The zero-order chi connectivity index (χ0) is 13.7. The van der Waals surface area contributed by atoms with Crippen molar-refractivity contribution in [2.45, 2.75) is 70.1 Å². The van der Waals surface area contributed by atoms with Crippen molar-refractivity contribution in [1.29, 1.82) is 0 Å². The van der Waals surface area contributed by atoms with E-state index < -0.39 is 0 Å². The summed E-state index contributed by atoms with van der Waals surface area (Å²) in [6.07, 6.45) is 9.00. The number of aliphatic hydroxyl groups is 1. The molecule has 1 saturated heterocycles. The topological polar surface area (TPSA) is 41.5 Å². The van der Waals surface area contributed by atoms with Crippen LogP contribution < -0.4 is 5.32 Å². The number of nitrogens with one attached hydrogen (secondary N) is 1. The molecule has 0 aromatic rings. The van der Waals surface area contributed by atoms with Crippen LogP contribution in [0.5, 0.6) is 0 Å². The molecule has 0 spiro atoms. The molecular formula is C17H29NO2. The molecule has 4 aliphatic carbocycles. The van der Waals surface area contributed by atoms with Crippen LogP contribution in [-0.2, 0) is 4.74 Å². The molecule has 114 valence electrons. The number of rotatable bonds is 3. The fourth-order valence-corrected chi connectivity index (χ4v) is 6.13. The summed E-state index contributed by atoms with van der Waals surface area (Å²) in [6, 6.07) is 0.777. The van der Waals surface area contributed by atoms with E-state index in [1.165, 1.54) is 38.5 Å². The Hall–Kier alpha value is -0.120. The maximum atomic E-state index is 11.0. The van der Waals surface area contributed by atoms with Crippen molar-refractivity contribution >= 4 is 0 Å². The lowest BCUT2D eigenvalue weighted by molar-refractivity contribution is -0.127. The van der Waals surface area contributed by atoms with E-state index in [2.05, 4.69) is 12.2 Å². The van der Waals surface area contributed by atoms with E-state index in [0.717, 1.165) is 37.4 Å². The van der Waals surface area contributed by atoms with Crippen molar-refractivity contribution in [3.63, 3.8) is 0 Å². The SMILES string of the molecule is CC1COCC(CC(O)C23CC4CC(CC(C4)C2)C3)N1. The minimum atomic E-state index is -0.123. The lowest BCUT2D eigenvalue weighted by Crippen LogP contribution is -2.55. The van der Waals surface area contributed by atoms with Crippen LogP contribution >= 0.6 is 0 Å². The fraction of sp³-hybridized carbons (Fsp3) is 1.00. The second kappa shape index (κ2) is 4.96. The smallest absolute Gasteiger partial charge is 0.0621 e. The lowest BCUT2D eigenvalue weighted by Gasteiger charge is -2.58. The zero-order valence-electron chi connectivity index (χ0n) is 12.7. The van der Waals surface area contributed by atoms with Crippen molar-refractivity contribution in [2.24, 2.45) is 23.2 Å². The van der Waals surface area contributed by atoms with Crippen LogP contribution in [-0.4, -0.2) is 36.5 Å². The number of hydrogen-bond acceptors (Lipinski definition) is 3. The lowest BCUT2D eigenvalue weighted by atomic mass is 9.48. The van der Waals surface area contributed by atoms with Crippen LogP contribution in [0, 0.1) is 23.2 Å². The van der Waals surface area contributed by atoms with E-state index in [1.54, 1.807) is 0 Å². The molecule has 20 heavy (non-hydrogen) atoms. The molecule has 1 heterocycles. The second-order valence-corrected chi connectivity index (χ2v) is 8.33. The van der Waals surface area contributed by atoms with E-state index in [4.69, 9.17) is 4.74 Å². The standard InChI is InChI=1S/C17H29NO2/c1-11-9-20-10-15(18-11)5-16(19)17-6-12-2-13(7-17)4-14(3-12)8-17/h11-16,18-19H,2-10H2,1H3. The molecule has 4 saturated carbocycles. The zero-order valence-corrected chi connectivity index (χ0v) is 12.7. The van der Waals surface area contributed by atoms with Gasteiger partial charge in [0.25, 0.3) is 0 Å². The van der Waals surface area contributed by atoms with Gasteiger partial charge in [-0.25, -0.2) is 0 Å². The maximum Gasteiger partial charge on any atom is 0.0621 e. The molecular weight excluding hydrogens is 250 g/mol. The van der Waals surface area contributed by atoms with Crippen LogP contribution in [0.3, 0.4) is 0 Å². The Bertz CT molecular complexity index is 335. The predicted molar refractivity (Wildman–Crippen MR) is 78.4 cm³/mol. The van der Waals surface area contributed by atoms with Gasteiger partial charge in [0, 0.05) is 12.1 Å². The molecule has 3 nitrogen and oxygen atoms in total. The predicted octanol–water partition coefficient (Wildman–Crippen LogP) is 2.33. The van der Waals surface area contributed by atoms with Gasteiger partial charge < -0.3 is 15.2 Å². The van der Waals surface area contributed by atoms with Gasteiger partial charge in [-0.15, -0.1) is 0 Å². The third kappa shape index (κ3) is 2.32. The highest BCUT2D eigenvalue weighted by Crippen LogP contribution is 2.61. The Labute approximate surface area is 122 Å². The van der Waals surface area contributed by atoms with Gasteiger partial charge in [-0.1, -0.05) is 0 Å². The first kappa shape index (κ1) is 13.5. The quantitative estimate of drug-likeness (QED) is 0.833. The molecule has 5 rings (SSSR count). The van der Waals surface area contributed by atoms with Gasteiger partial charge in [0.05, 0.1) is 19.3 Å². The molecule has 0 radical (unpaired) electrons. The monoisotopic (exact) mass is 279 g/mol. The second-order valence-electron chi connectivity index (χ2n) is 8.33. The van der Waals surface area contributed by atoms with E-state index >= 15 is 0 Å². The molecule has 0 aromatic heterocycles. The molecule has 3 heteroatoms. The van der Waals surface area contributed by atoms with Gasteiger partial charge in [0.1, 0.15) is 0 Å². The fourth-order valence-electron chi connectivity index (χ4n) is 6.13. The summed E-state index contributed by atoms with van der Waals surface area (Å²) in [7, 11) is 0. The summed E-state index contributed by atoms with van der Waals surface area (Å²) < 4.78 is 5.64. The van der Waals surface area contributed by atoms with Crippen LogP contribution in [0.15, 0.2) is 0 Å². The van der Waals surface area contributed by atoms with Crippen LogP contribution in [0.2, 0.25) is 0 Å². The van der Waals surface area contributed by atoms with Gasteiger partial charge in [-0.3, -0.25) is 0 Å². The Morgan fingerprint density at radius 2 is 1.70 bits per heavy atom. The molecule has 0 amide bonds. The van der Waals surface area contributed by atoms with Crippen LogP contribution in [0.25, 0.3) is 0 Å². The number of aliphatic hydroxyl groups excluding tert-OH is 1. The van der Waals surface area contributed by atoms with Gasteiger partial charge >= 0.3 is 0 Å². The van der Waals surface area contributed by atoms with E-state index in [9.17, 15) is 5.11 Å². The number of hydrogen-bond donors (Lipinski definition) is 2. The van der Waals surface area contributed by atoms with Crippen molar-refractivity contribution in [3.05, 3.63) is 0 Å². The Morgan fingerprint density at radius 1 is 1.10 bits per heavy atom. The molecule has 1 aliphatic heterocycles. The van der Waals surface area contributed by atoms with Crippen molar-refractivity contribution in [1.82, 2.24) is 5.32 Å². The molecule has 4 bridgehead atoms. The molecule has 2 N–H and O–H groups in total. The third-order valence-electron chi connectivity index (χ3n) is 6.51. The van der Waals surface area contributed by atoms with Crippen LogP contribution in [0.4, 0.5) is 0 Å². The molecule has 5 fully saturated rings. The minimum absolute atomic E-state index is 0.123. The summed E-state index contributed by atoms with van der Waals surface area (Å²) in [5.41, 5.74) is 0.261. The highest BCUT2D eigenvalue weighted by Gasteiger charge is 2.54. The highest BCUT2D eigenvalue weighted by atomic mass is 16.5. The Kier molecular flexibility index (Phi) is 3.36. The average Bonchev–Trinajstić information content (AvgIpc) is 2.37. The first-order valence-corrected chi connectivity index (χ1v) is 8.65. The van der Waals surface area contributed by atoms with Gasteiger partial charge in [0.2, 0.25) is 0 Å². The Balaban J connectivity index is 1.44. The summed E-state index contributed by atoms with van der Waals surface area (Å²) in [5.74, 6) is 2.76. The normalized spacial score (nSPS) is 52.2.